The molecule has 0 aliphatic heterocycles. The van der Waals surface area contributed by atoms with Gasteiger partial charge in [-0.15, -0.1) is 0 Å². The van der Waals surface area contributed by atoms with Crippen LogP contribution in [0.3, 0.4) is 0 Å². The molecular formula is C11H9Cl2N2+. The van der Waals surface area contributed by atoms with E-state index in [0.717, 1.165) is 5.56 Å². The molecule has 2 aromatic heterocycles. The molecule has 0 saturated heterocycles. The molecule has 76 valence electrons. The molecule has 0 spiro atoms. The average molecular weight is 240 g/mol. The van der Waals surface area contributed by atoms with E-state index in [-0.39, 0.29) is 0 Å². The molecular weight excluding hydrogens is 231 g/mol. The minimum absolute atomic E-state index is 0.500. The van der Waals surface area contributed by atoms with E-state index < -0.39 is 0 Å². The first kappa shape index (κ1) is 10.4. The van der Waals surface area contributed by atoms with Gasteiger partial charge in [0.2, 0.25) is 0 Å². The van der Waals surface area contributed by atoms with Crippen molar-refractivity contribution < 1.29 is 4.57 Å². The van der Waals surface area contributed by atoms with Crippen LogP contribution < -0.4 is 4.57 Å². The van der Waals surface area contributed by atoms with Crippen LogP contribution in [0.5, 0.6) is 0 Å². The maximum atomic E-state index is 6.03. The zero-order valence-electron chi connectivity index (χ0n) is 7.90. The third kappa shape index (κ3) is 2.67. The molecule has 0 radical (unpaired) electrons. The second kappa shape index (κ2) is 4.60. The summed E-state index contributed by atoms with van der Waals surface area (Å²) in [5.74, 6) is 0. The summed E-state index contributed by atoms with van der Waals surface area (Å²) in [4.78, 5) is 3.93. The molecule has 0 saturated carbocycles. The first-order chi connectivity index (χ1) is 7.25. The molecule has 0 N–H and O–H groups in total. The number of aromatic nitrogens is 2. The van der Waals surface area contributed by atoms with Crippen molar-refractivity contribution >= 4 is 23.2 Å². The molecule has 0 aromatic carbocycles. The summed E-state index contributed by atoms with van der Waals surface area (Å²) in [6.07, 6.45) is 3.62. The van der Waals surface area contributed by atoms with Gasteiger partial charge >= 0.3 is 0 Å². The molecule has 2 nitrogen and oxygen atoms in total. The number of hydrogen-bond acceptors (Lipinski definition) is 1. The van der Waals surface area contributed by atoms with Crippen LogP contribution >= 0.6 is 23.2 Å². The van der Waals surface area contributed by atoms with E-state index in [1.807, 2.05) is 41.1 Å². The number of rotatable bonds is 2. The Hall–Kier alpha value is -1.12. The van der Waals surface area contributed by atoms with Crippen molar-refractivity contribution in [2.45, 2.75) is 6.54 Å². The van der Waals surface area contributed by atoms with Gasteiger partial charge in [0.1, 0.15) is 5.15 Å². The predicted octanol–water partition coefficient (Wildman–Crippen LogP) is 2.72. The van der Waals surface area contributed by atoms with E-state index in [0.29, 0.717) is 16.9 Å². The zero-order valence-corrected chi connectivity index (χ0v) is 9.41. The zero-order chi connectivity index (χ0) is 10.7. The molecule has 2 rings (SSSR count). The standard InChI is InChI=1S/C11H9Cl2N2/c12-10-7-9(4-5-14-10)8-15-6-2-1-3-11(15)13/h1-7H,8H2/q+1. The fourth-order valence-electron chi connectivity index (χ4n) is 1.32. The summed E-state index contributed by atoms with van der Waals surface area (Å²) in [6.45, 7) is 0.696. The van der Waals surface area contributed by atoms with Gasteiger partial charge in [0.05, 0.1) is 0 Å². The summed E-state index contributed by atoms with van der Waals surface area (Å²) in [5, 5.41) is 1.20. The van der Waals surface area contributed by atoms with Crippen molar-refractivity contribution in [3.8, 4) is 0 Å². The van der Waals surface area contributed by atoms with Crippen LogP contribution in [0.25, 0.3) is 0 Å². The summed E-state index contributed by atoms with van der Waals surface area (Å²) in [6, 6.07) is 9.44. The molecule has 2 heterocycles. The maximum absolute atomic E-state index is 6.03. The van der Waals surface area contributed by atoms with Gasteiger partial charge in [-0.2, -0.15) is 4.57 Å². The predicted molar refractivity (Wildman–Crippen MR) is 60.0 cm³/mol. The van der Waals surface area contributed by atoms with E-state index in [4.69, 9.17) is 23.2 Å². The van der Waals surface area contributed by atoms with Crippen molar-refractivity contribution in [1.82, 2.24) is 4.98 Å². The Kier molecular flexibility index (Phi) is 3.19. The van der Waals surface area contributed by atoms with Crippen LogP contribution in [0.15, 0.2) is 42.7 Å². The van der Waals surface area contributed by atoms with E-state index >= 15 is 0 Å². The van der Waals surface area contributed by atoms with Gasteiger partial charge in [-0.25, -0.2) is 4.98 Å². The van der Waals surface area contributed by atoms with Gasteiger partial charge < -0.3 is 0 Å². The van der Waals surface area contributed by atoms with Crippen molar-refractivity contribution in [1.29, 1.82) is 0 Å². The van der Waals surface area contributed by atoms with Gasteiger partial charge in [0.15, 0.2) is 12.7 Å². The van der Waals surface area contributed by atoms with Crippen LogP contribution in [0.4, 0.5) is 0 Å². The van der Waals surface area contributed by atoms with Crippen LogP contribution in [0.2, 0.25) is 10.3 Å². The molecule has 0 fully saturated rings. The Morgan fingerprint density at radius 1 is 1.20 bits per heavy atom. The van der Waals surface area contributed by atoms with Crippen LogP contribution in [-0.4, -0.2) is 4.98 Å². The molecule has 4 heteroatoms. The molecule has 0 atom stereocenters. The lowest BCUT2D eigenvalue weighted by Gasteiger charge is -1.99. The van der Waals surface area contributed by atoms with E-state index in [1.54, 1.807) is 6.20 Å². The highest BCUT2D eigenvalue weighted by atomic mass is 35.5. The molecule has 0 aliphatic rings. The second-order valence-electron chi connectivity index (χ2n) is 3.14. The fraction of sp³-hybridized carbons (Fsp3) is 0.0909. The van der Waals surface area contributed by atoms with Crippen LogP contribution in [0.1, 0.15) is 5.56 Å². The van der Waals surface area contributed by atoms with Crippen molar-refractivity contribution in [2.75, 3.05) is 0 Å². The van der Waals surface area contributed by atoms with Gasteiger partial charge in [0.25, 0.3) is 5.15 Å². The SMILES string of the molecule is Clc1cc(C[n+]2ccccc2Cl)ccn1. The van der Waals surface area contributed by atoms with E-state index in [1.165, 1.54) is 0 Å². The Bertz CT molecular complexity index is 472. The number of hydrogen-bond donors (Lipinski definition) is 0. The largest absolute Gasteiger partial charge is 0.275 e. The lowest BCUT2D eigenvalue weighted by Crippen LogP contribution is -2.34. The molecule has 15 heavy (non-hydrogen) atoms. The Morgan fingerprint density at radius 2 is 2.07 bits per heavy atom. The lowest BCUT2D eigenvalue weighted by atomic mass is 10.2. The Balaban J connectivity index is 2.26. The molecule has 0 bridgehead atoms. The van der Waals surface area contributed by atoms with E-state index in [9.17, 15) is 0 Å². The lowest BCUT2D eigenvalue weighted by molar-refractivity contribution is -0.686. The van der Waals surface area contributed by atoms with Gasteiger partial charge in [-0.05, 0) is 29.8 Å². The number of pyridine rings is 2. The van der Waals surface area contributed by atoms with Crippen molar-refractivity contribution in [3.05, 3.63) is 58.6 Å². The van der Waals surface area contributed by atoms with Crippen LogP contribution in [0, 0.1) is 0 Å². The van der Waals surface area contributed by atoms with E-state index in [2.05, 4.69) is 4.98 Å². The average Bonchev–Trinajstić information content (AvgIpc) is 2.22. The first-order valence-electron chi connectivity index (χ1n) is 4.50. The number of nitrogens with zero attached hydrogens (tertiary/aromatic N) is 2. The van der Waals surface area contributed by atoms with Crippen molar-refractivity contribution in [2.24, 2.45) is 0 Å². The second-order valence-corrected chi connectivity index (χ2v) is 3.91. The molecule has 2 aromatic rings. The topological polar surface area (TPSA) is 16.8 Å². The van der Waals surface area contributed by atoms with Crippen LogP contribution in [-0.2, 0) is 6.54 Å². The molecule has 0 unspecified atom stereocenters. The summed E-state index contributed by atoms with van der Waals surface area (Å²) < 4.78 is 1.94. The van der Waals surface area contributed by atoms with Gasteiger partial charge in [-0.1, -0.05) is 11.6 Å². The minimum Gasteiger partial charge on any atom is -0.245 e. The normalized spacial score (nSPS) is 10.3. The van der Waals surface area contributed by atoms with Crippen molar-refractivity contribution in [3.63, 3.8) is 0 Å². The summed E-state index contributed by atoms with van der Waals surface area (Å²) in [5.41, 5.74) is 1.08. The Labute approximate surface area is 98.1 Å². The quantitative estimate of drug-likeness (QED) is 0.582. The smallest absolute Gasteiger partial charge is 0.245 e. The first-order valence-corrected chi connectivity index (χ1v) is 5.26. The fourth-order valence-corrected chi connectivity index (χ4v) is 1.71. The number of halogens is 2. The molecule has 0 aliphatic carbocycles. The summed E-state index contributed by atoms with van der Waals surface area (Å²) >= 11 is 11.8. The molecule has 0 amide bonds. The maximum Gasteiger partial charge on any atom is 0.275 e. The monoisotopic (exact) mass is 239 g/mol. The minimum atomic E-state index is 0.500. The summed E-state index contributed by atoms with van der Waals surface area (Å²) in [7, 11) is 0. The highest BCUT2D eigenvalue weighted by Gasteiger charge is 2.07. The third-order valence-corrected chi connectivity index (χ3v) is 2.58. The third-order valence-electron chi connectivity index (χ3n) is 2.03. The highest BCUT2D eigenvalue weighted by molar-refractivity contribution is 6.29. The van der Waals surface area contributed by atoms with Gasteiger partial charge in [0, 0.05) is 23.9 Å². The highest BCUT2D eigenvalue weighted by Crippen LogP contribution is 2.07. The van der Waals surface area contributed by atoms with Gasteiger partial charge in [-0.3, -0.25) is 0 Å². The Morgan fingerprint density at radius 3 is 2.80 bits per heavy atom.